The molecule has 1 aromatic heterocycles. The fraction of sp³-hybridized carbons (Fsp3) is 0.625. The van der Waals surface area contributed by atoms with E-state index in [0.29, 0.717) is 5.69 Å². The molecule has 80 valence electrons. The fourth-order valence-electron chi connectivity index (χ4n) is 1.29. The van der Waals surface area contributed by atoms with Crippen molar-refractivity contribution in [3.63, 3.8) is 0 Å². The summed E-state index contributed by atoms with van der Waals surface area (Å²) in [6, 6.07) is 0. The Hall–Kier alpha value is -1.04. The molecule has 0 aliphatic rings. The highest BCUT2D eigenvalue weighted by atomic mass is 19.4. The van der Waals surface area contributed by atoms with Gasteiger partial charge in [0.25, 0.3) is 0 Å². The summed E-state index contributed by atoms with van der Waals surface area (Å²) < 4.78 is 38.4. The summed E-state index contributed by atoms with van der Waals surface area (Å²) in [5, 5.41) is 12.0. The predicted octanol–water partition coefficient (Wildman–Crippen LogP) is 1.28. The van der Waals surface area contributed by atoms with Crippen LogP contribution in [0.4, 0.5) is 13.2 Å². The number of aliphatic hydroxyl groups excluding tert-OH is 1. The molecule has 1 heterocycles. The van der Waals surface area contributed by atoms with Gasteiger partial charge >= 0.3 is 6.18 Å². The molecule has 0 unspecified atom stereocenters. The molecular formula is C8H11F3N2O. The van der Waals surface area contributed by atoms with Gasteiger partial charge in [0.15, 0.2) is 5.69 Å². The molecule has 14 heavy (non-hydrogen) atoms. The molecule has 6 heteroatoms. The molecule has 0 saturated heterocycles. The maximum atomic E-state index is 12.4. The van der Waals surface area contributed by atoms with E-state index in [9.17, 15) is 13.2 Å². The quantitative estimate of drug-likeness (QED) is 0.795. The lowest BCUT2D eigenvalue weighted by atomic mass is 10.1. The first-order valence-corrected chi connectivity index (χ1v) is 4.08. The number of hydrogen-bond donors (Lipinski definition) is 1. The standard InChI is InChI=1S/C8H11F3N2O/c1-5-6(3-4-14)7(8(9,10)11)12-13(5)2/h14H,3-4H2,1-2H3. The van der Waals surface area contributed by atoms with Crippen LogP contribution in [-0.4, -0.2) is 21.5 Å². The number of aliphatic hydroxyl groups is 1. The van der Waals surface area contributed by atoms with Crippen LogP contribution in [0.25, 0.3) is 0 Å². The summed E-state index contributed by atoms with van der Waals surface area (Å²) >= 11 is 0. The minimum absolute atomic E-state index is 0.0193. The molecule has 0 amide bonds. The summed E-state index contributed by atoms with van der Waals surface area (Å²) in [5.41, 5.74) is -0.388. The Balaban J connectivity index is 3.22. The van der Waals surface area contributed by atoms with Crippen molar-refractivity contribution >= 4 is 0 Å². The van der Waals surface area contributed by atoms with Crippen LogP contribution in [-0.2, 0) is 19.6 Å². The summed E-state index contributed by atoms with van der Waals surface area (Å²) in [6.07, 6.45) is -4.47. The largest absolute Gasteiger partial charge is 0.435 e. The zero-order valence-corrected chi connectivity index (χ0v) is 7.89. The van der Waals surface area contributed by atoms with Gasteiger partial charge in [-0.3, -0.25) is 4.68 Å². The van der Waals surface area contributed by atoms with Crippen molar-refractivity contribution in [2.75, 3.05) is 6.61 Å². The maximum absolute atomic E-state index is 12.4. The molecule has 0 radical (unpaired) electrons. The minimum Gasteiger partial charge on any atom is -0.396 e. The van der Waals surface area contributed by atoms with Gasteiger partial charge in [0.2, 0.25) is 0 Å². The third kappa shape index (κ3) is 1.89. The molecule has 1 aromatic rings. The Morgan fingerprint density at radius 2 is 2.00 bits per heavy atom. The monoisotopic (exact) mass is 208 g/mol. The molecule has 0 bridgehead atoms. The number of rotatable bonds is 2. The predicted molar refractivity (Wildman–Crippen MR) is 43.7 cm³/mol. The number of halogens is 3. The maximum Gasteiger partial charge on any atom is 0.435 e. The van der Waals surface area contributed by atoms with Crippen molar-refractivity contribution in [1.29, 1.82) is 0 Å². The van der Waals surface area contributed by atoms with Gasteiger partial charge in [-0.1, -0.05) is 0 Å². The van der Waals surface area contributed by atoms with Crippen LogP contribution in [0, 0.1) is 6.92 Å². The van der Waals surface area contributed by atoms with Crippen molar-refractivity contribution in [2.45, 2.75) is 19.5 Å². The highest BCUT2D eigenvalue weighted by molar-refractivity contribution is 5.27. The molecule has 1 N–H and O–H groups in total. The lowest BCUT2D eigenvalue weighted by Gasteiger charge is -2.05. The fourth-order valence-corrected chi connectivity index (χ4v) is 1.29. The molecule has 0 saturated carbocycles. The van der Waals surface area contributed by atoms with Crippen molar-refractivity contribution in [3.05, 3.63) is 17.0 Å². The number of alkyl halides is 3. The summed E-state index contributed by atoms with van der Waals surface area (Å²) in [5.74, 6) is 0. The van der Waals surface area contributed by atoms with Gasteiger partial charge in [0.05, 0.1) is 0 Å². The second-order valence-electron chi connectivity index (χ2n) is 3.01. The second kappa shape index (κ2) is 3.61. The molecule has 0 aromatic carbocycles. The van der Waals surface area contributed by atoms with Crippen molar-refractivity contribution < 1.29 is 18.3 Å². The average Bonchev–Trinajstić information content (AvgIpc) is 2.32. The summed E-state index contributed by atoms with van der Waals surface area (Å²) in [6.45, 7) is 1.24. The summed E-state index contributed by atoms with van der Waals surface area (Å²) in [4.78, 5) is 0. The lowest BCUT2D eigenvalue weighted by Crippen LogP contribution is -2.10. The van der Waals surface area contributed by atoms with Crippen LogP contribution < -0.4 is 0 Å². The van der Waals surface area contributed by atoms with Crippen LogP contribution in [0.15, 0.2) is 0 Å². The highest BCUT2D eigenvalue weighted by Gasteiger charge is 2.37. The van der Waals surface area contributed by atoms with Crippen LogP contribution >= 0.6 is 0 Å². The van der Waals surface area contributed by atoms with Gasteiger partial charge in [-0.05, 0) is 13.3 Å². The first-order valence-electron chi connectivity index (χ1n) is 4.08. The minimum atomic E-state index is -4.45. The molecule has 1 rings (SSSR count). The van der Waals surface area contributed by atoms with E-state index in [1.165, 1.54) is 11.7 Å². The van der Waals surface area contributed by atoms with Crippen LogP contribution in [0.2, 0.25) is 0 Å². The third-order valence-electron chi connectivity index (χ3n) is 2.09. The van der Waals surface area contributed by atoms with E-state index in [4.69, 9.17) is 5.11 Å². The number of nitrogens with zero attached hydrogens (tertiary/aromatic N) is 2. The van der Waals surface area contributed by atoms with Crippen molar-refractivity contribution in [1.82, 2.24) is 9.78 Å². The zero-order valence-electron chi connectivity index (χ0n) is 7.89. The first kappa shape index (κ1) is 11.0. The van der Waals surface area contributed by atoms with E-state index in [2.05, 4.69) is 5.10 Å². The topological polar surface area (TPSA) is 38.1 Å². The zero-order chi connectivity index (χ0) is 10.9. The van der Waals surface area contributed by atoms with Gasteiger partial charge in [-0.25, -0.2) is 0 Å². The Kier molecular flexibility index (Phi) is 2.84. The summed E-state index contributed by atoms with van der Waals surface area (Å²) in [7, 11) is 1.45. The van der Waals surface area contributed by atoms with Crippen LogP contribution in [0.3, 0.4) is 0 Å². The molecule has 0 aliphatic carbocycles. The van der Waals surface area contributed by atoms with Gasteiger partial charge in [-0.2, -0.15) is 18.3 Å². The number of aryl methyl sites for hydroxylation is 1. The average molecular weight is 208 g/mol. The second-order valence-corrected chi connectivity index (χ2v) is 3.01. The Labute approximate surface area is 79.2 Å². The molecule has 0 aliphatic heterocycles. The normalized spacial score (nSPS) is 12.1. The third-order valence-corrected chi connectivity index (χ3v) is 2.09. The molecule has 0 fully saturated rings. The van der Waals surface area contributed by atoms with E-state index in [-0.39, 0.29) is 18.6 Å². The lowest BCUT2D eigenvalue weighted by molar-refractivity contribution is -0.142. The Morgan fingerprint density at radius 1 is 1.43 bits per heavy atom. The molecule has 0 atom stereocenters. The van der Waals surface area contributed by atoms with Gasteiger partial charge in [0.1, 0.15) is 0 Å². The SMILES string of the molecule is Cc1c(CCO)c(C(F)(F)F)nn1C. The molecule has 3 nitrogen and oxygen atoms in total. The molecule has 0 spiro atoms. The van der Waals surface area contributed by atoms with E-state index in [1.54, 1.807) is 6.92 Å². The van der Waals surface area contributed by atoms with Gasteiger partial charge in [-0.15, -0.1) is 0 Å². The molecular weight excluding hydrogens is 197 g/mol. The van der Waals surface area contributed by atoms with E-state index in [1.807, 2.05) is 0 Å². The van der Waals surface area contributed by atoms with E-state index < -0.39 is 11.9 Å². The highest BCUT2D eigenvalue weighted by Crippen LogP contribution is 2.32. The van der Waals surface area contributed by atoms with Crippen LogP contribution in [0.1, 0.15) is 17.0 Å². The van der Waals surface area contributed by atoms with E-state index in [0.717, 1.165) is 0 Å². The Bertz CT molecular complexity index is 330. The number of hydrogen-bond acceptors (Lipinski definition) is 2. The number of aromatic nitrogens is 2. The smallest absolute Gasteiger partial charge is 0.396 e. The van der Waals surface area contributed by atoms with Gasteiger partial charge in [0, 0.05) is 24.9 Å². The van der Waals surface area contributed by atoms with E-state index >= 15 is 0 Å². The van der Waals surface area contributed by atoms with Gasteiger partial charge < -0.3 is 5.11 Å². The van der Waals surface area contributed by atoms with Crippen LogP contribution in [0.5, 0.6) is 0 Å². The van der Waals surface area contributed by atoms with Crippen molar-refractivity contribution in [3.8, 4) is 0 Å². The van der Waals surface area contributed by atoms with Crippen molar-refractivity contribution in [2.24, 2.45) is 7.05 Å². The Morgan fingerprint density at radius 3 is 2.43 bits per heavy atom. The first-order chi connectivity index (χ1) is 6.38.